The van der Waals surface area contributed by atoms with Crippen molar-refractivity contribution in [3.05, 3.63) is 139 Å². The zero-order valence-electron chi connectivity index (χ0n) is 29.5. The van der Waals surface area contributed by atoms with Gasteiger partial charge >= 0.3 is 106 Å². The van der Waals surface area contributed by atoms with E-state index in [9.17, 15) is 0 Å². The van der Waals surface area contributed by atoms with Gasteiger partial charge in [0.1, 0.15) is 0 Å². The Balaban J connectivity index is 0.000000221. The zero-order valence-corrected chi connectivity index (χ0v) is 33.8. The van der Waals surface area contributed by atoms with E-state index in [1.165, 1.54) is 41.3 Å². The molecule has 0 aliphatic heterocycles. The molecule has 3 heterocycles. The number of rotatable bonds is 7. The molecule has 0 atom stereocenters. The predicted octanol–water partition coefficient (Wildman–Crippen LogP) is 11.9. The summed E-state index contributed by atoms with van der Waals surface area (Å²) >= 11 is 0.0261. The van der Waals surface area contributed by atoms with Crippen molar-refractivity contribution in [2.45, 2.75) is 56.8 Å². The Morgan fingerprint density at radius 1 is 0.771 bits per heavy atom. The van der Waals surface area contributed by atoms with Crippen LogP contribution in [0.2, 0.25) is 17.3 Å². The van der Waals surface area contributed by atoms with Gasteiger partial charge in [-0.1, -0.05) is 73.3 Å². The number of thiophene rings is 1. The topological polar surface area (TPSA) is 25.8 Å². The normalized spacial score (nSPS) is 11.8. The van der Waals surface area contributed by atoms with E-state index in [1.807, 2.05) is 42.6 Å². The van der Waals surface area contributed by atoms with Crippen LogP contribution in [-0.2, 0) is 20.1 Å². The number of fused-ring (bicyclic) bond motifs is 3. The summed E-state index contributed by atoms with van der Waals surface area (Å²) in [5, 5.41) is 2.51. The number of benzene rings is 4. The number of hydrogen-bond donors (Lipinski definition) is 0. The number of aryl methyl sites for hydroxylation is 1. The zero-order chi connectivity index (χ0) is 33.9. The maximum absolute atomic E-state index is 8.84. The van der Waals surface area contributed by atoms with E-state index >= 15 is 0 Å². The smallest absolute Gasteiger partial charge is 0.0352 e. The molecule has 245 valence electrons. The molecule has 3 aromatic heterocycles. The van der Waals surface area contributed by atoms with E-state index < -0.39 is 19.2 Å². The number of nitrogens with zero attached hydrogens (tertiary/aromatic N) is 2. The molecule has 2 nitrogen and oxygen atoms in total. The molecule has 0 aliphatic rings. The van der Waals surface area contributed by atoms with E-state index in [4.69, 9.17) is 1.37 Å². The summed E-state index contributed by atoms with van der Waals surface area (Å²) < 4.78 is 12.8. The second-order valence-corrected chi connectivity index (χ2v) is 24.5. The first-order chi connectivity index (χ1) is 23.1. The largest absolute Gasteiger partial charge is 0.305 e. The molecule has 7 aromatic rings. The van der Waals surface area contributed by atoms with Gasteiger partial charge in [-0.25, -0.2) is 0 Å². The molecule has 0 spiro atoms. The molecule has 5 heteroatoms. The van der Waals surface area contributed by atoms with Crippen LogP contribution < -0.4 is 4.40 Å². The van der Waals surface area contributed by atoms with Crippen molar-refractivity contribution in [2.24, 2.45) is 0 Å². The Labute approximate surface area is 307 Å². The fraction of sp³-hybridized carbons (Fsp3) is 0.209. The molecule has 0 amide bonds. The van der Waals surface area contributed by atoms with Crippen LogP contribution in [0, 0.1) is 19.1 Å². The van der Waals surface area contributed by atoms with E-state index in [0.717, 1.165) is 40.9 Å². The number of hydrogen-bond acceptors (Lipinski definition) is 3. The van der Waals surface area contributed by atoms with E-state index in [0.29, 0.717) is 0 Å². The van der Waals surface area contributed by atoms with Gasteiger partial charge in [0, 0.05) is 32.4 Å². The summed E-state index contributed by atoms with van der Waals surface area (Å²) in [6.45, 7) is 6.36. The molecule has 48 heavy (non-hydrogen) atoms. The third-order valence-electron chi connectivity index (χ3n) is 8.72. The molecule has 0 N–H and O–H groups in total. The Kier molecular flexibility index (Phi) is 11.4. The van der Waals surface area contributed by atoms with Crippen LogP contribution in [0.25, 0.3) is 53.8 Å². The van der Waals surface area contributed by atoms with Gasteiger partial charge in [0.25, 0.3) is 0 Å². The Morgan fingerprint density at radius 2 is 1.54 bits per heavy atom. The Morgan fingerprint density at radius 3 is 2.23 bits per heavy atom. The van der Waals surface area contributed by atoms with E-state index in [-0.39, 0.29) is 20.1 Å². The predicted molar refractivity (Wildman–Crippen MR) is 206 cm³/mol. The van der Waals surface area contributed by atoms with Crippen molar-refractivity contribution in [3.8, 4) is 33.6 Å². The monoisotopic (exact) mass is 886 g/mol. The van der Waals surface area contributed by atoms with Gasteiger partial charge in [0.05, 0.1) is 0 Å². The first-order valence-electron chi connectivity index (χ1n) is 16.9. The SMILES string of the molecule is Cc1cc(-c2[c-]cccc2)nc[c]1[Ge]([CH3])([CH3])[CH3].[2H]C(CC)(CC)c1ccnc(-c2[c-]ccc3c2sc2cc(-c4ccccc4)ccc23)c1.[Ir]. The van der Waals surface area contributed by atoms with Crippen LogP contribution >= 0.6 is 11.3 Å². The Hall–Kier alpha value is -3.41. The van der Waals surface area contributed by atoms with Crippen molar-refractivity contribution < 1.29 is 21.5 Å². The minimum Gasteiger partial charge on any atom is -0.305 e. The molecule has 0 fully saturated rings. The summed E-state index contributed by atoms with van der Waals surface area (Å²) in [6.07, 6.45) is 5.48. The molecule has 0 saturated heterocycles. The minimum absolute atomic E-state index is 0. The summed E-state index contributed by atoms with van der Waals surface area (Å²) in [5.41, 5.74) is 8.89. The molecule has 0 bridgehead atoms. The Bertz CT molecular complexity index is 2170. The fourth-order valence-electron chi connectivity index (χ4n) is 6.23. The van der Waals surface area contributed by atoms with Crippen LogP contribution in [0.3, 0.4) is 0 Å². The first kappa shape index (κ1) is 34.5. The van der Waals surface area contributed by atoms with Crippen LogP contribution in [0.4, 0.5) is 0 Å². The average molecular weight is 885 g/mol. The van der Waals surface area contributed by atoms with Gasteiger partial charge in [0.2, 0.25) is 0 Å². The molecule has 0 unspecified atom stereocenters. The van der Waals surface area contributed by atoms with Gasteiger partial charge in [-0.3, -0.25) is 0 Å². The quantitative estimate of drug-likeness (QED) is 0.118. The van der Waals surface area contributed by atoms with Crippen molar-refractivity contribution in [2.75, 3.05) is 0 Å². The summed E-state index contributed by atoms with van der Waals surface area (Å²) in [4.78, 5) is 9.26. The van der Waals surface area contributed by atoms with Gasteiger partial charge in [-0.05, 0) is 57.8 Å². The summed E-state index contributed by atoms with van der Waals surface area (Å²) in [6, 6.07) is 42.3. The van der Waals surface area contributed by atoms with Crippen LogP contribution in [0.5, 0.6) is 0 Å². The third kappa shape index (κ3) is 7.90. The standard InChI is InChI=1S/C28H24NS.C15H18GeN.Ir/c1-3-19(4-2)22-15-16-29-26(17-22)25-12-8-11-24-23-14-13-21(18-27(23)30-28(24)25)20-9-6-5-7-10-20;1-12-10-15(13-8-6-5-7-9-13)17-11-14(12)16(2,3)4;/h5-11,13-19H,3-4H2,1-2H3;5-8,10-11H,1-4H3;/q2*-1;/i19D;;. The molecule has 0 aliphatic carbocycles. The van der Waals surface area contributed by atoms with Crippen molar-refractivity contribution in [1.82, 2.24) is 9.97 Å². The molecular formula is C43H42GeIrN2S-2. The van der Waals surface area contributed by atoms with Crippen molar-refractivity contribution in [3.63, 3.8) is 0 Å². The molecular weight excluding hydrogens is 841 g/mol. The van der Waals surface area contributed by atoms with E-state index in [2.05, 4.69) is 133 Å². The third-order valence-corrected chi connectivity index (χ3v) is 14.4. The molecule has 0 saturated carbocycles. The summed E-state index contributed by atoms with van der Waals surface area (Å²) in [5.74, 6) is 6.63. The second-order valence-electron chi connectivity index (χ2n) is 12.9. The molecule has 1 radical (unpaired) electrons. The first-order valence-corrected chi connectivity index (χ1v) is 24.6. The van der Waals surface area contributed by atoms with Gasteiger partial charge in [-0.2, -0.15) is 11.3 Å². The minimum atomic E-state index is -1.77. The maximum Gasteiger partial charge on any atom is 0.0352 e. The summed E-state index contributed by atoms with van der Waals surface area (Å²) in [7, 11) is 0. The molecule has 4 aromatic carbocycles. The van der Waals surface area contributed by atoms with Crippen molar-refractivity contribution >= 4 is 49.2 Å². The van der Waals surface area contributed by atoms with Crippen molar-refractivity contribution in [1.29, 1.82) is 0 Å². The van der Waals surface area contributed by atoms with Gasteiger partial charge in [0.15, 0.2) is 0 Å². The molecule has 7 rings (SSSR count). The fourth-order valence-corrected chi connectivity index (χ4v) is 11.1. The average Bonchev–Trinajstić information content (AvgIpc) is 3.50. The number of pyridine rings is 2. The van der Waals surface area contributed by atoms with Gasteiger partial charge in [-0.15, -0.1) is 23.8 Å². The number of aromatic nitrogens is 2. The maximum atomic E-state index is 8.84. The van der Waals surface area contributed by atoms with Crippen LogP contribution in [-0.4, -0.2) is 23.2 Å². The van der Waals surface area contributed by atoms with Crippen LogP contribution in [0.1, 0.15) is 45.1 Å². The second kappa shape index (κ2) is 15.9. The van der Waals surface area contributed by atoms with Gasteiger partial charge < -0.3 is 4.98 Å². The van der Waals surface area contributed by atoms with Crippen LogP contribution in [0.15, 0.2) is 116 Å². The van der Waals surface area contributed by atoms with E-state index in [1.54, 1.807) is 11.3 Å².